The largest absolute Gasteiger partial charge is 0.355 e. The van der Waals surface area contributed by atoms with E-state index in [2.05, 4.69) is 63.2 Å². The van der Waals surface area contributed by atoms with Crippen molar-refractivity contribution in [2.75, 3.05) is 25.0 Å². The number of nitrogens with zero attached hydrogens (tertiary/aromatic N) is 2. The quantitative estimate of drug-likeness (QED) is 0.694. The number of benzene rings is 1. The smallest absolute Gasteiger partial charge is 0.198 e. The second-order valence-corrected chi connectivity index (χ2v) is 6.20. The van der Waals surface area contributed by atoms with Gasteiger partial charge in [-0.1, -0.05) is 25.1 Å². The molecule has 0 amide bonds. The third-order valence-corrected chi connectivity index (χ3v) is 4.73. The SMILES string of the molecule is CN=C(NCC(C)c1ccsc1)N1CCc2ccccc21. The second kappa shape index (κ2) is 6.31. The molecule has 1 aliphatic rings. The molecule has 1 aliphatic heterocycles. The lowest BCUT2D eigenvalue weighted by Gasteiger charge is -2.23. The maximum atomic E-state index is 4.46. The van der Waals surface area contributed by atoms with Crippen LogP contribution < -0.4 is 10.2 Å². The summed E-state index contributed by atoms with van der Waals surface area (Å²) >= 11 is 1.76. The minimum Gasteiger partial charge on any atom is -0.355 e. The van der Waals surface area contributed by atoms with Crippen LogP contribution in [0.5, 0.6) is 0 Å². The van der Waals surface area contributed by atoms with Gasteiger partial charge < -0.3 is 10.2 Å². The van der Waals surface area contributed by atoms with Crippen LogP contribution in [-0.4, -0.2) is 26.1 Å². The molecule has 1 aromatic heterocycles. The first-order valence-electron chi connectivity index (χ1n) is 7.38. The van der Waals surface area contributed by atoms with Crippen LogP contribution in [0.1, 0.15) is 24.0 Å². The van der Waals surface area contributed by atoms with Gasteiger partial charge in [-0.3, -0.25) is 4.99 Å². The van der Waals surface area contributed by atoms with Crippen molar-refractivity contribution < 1.29 is 0 Å². The maximum Gasteiger partial charge on any atom is 0.198 e. The molecule has 2 heterocycles. The second-order valence-electron chi connectivity index (χ2n) is 5.42. The molecule has 3 rings (SSSR count). The van der Waals surface area contributed by atoms with Crippen molar-refractivity contribution in [3.63, 3.8) is 0 Å². The predicted octanol–water partition coefficient (Wildman–Crippen LogP) is 3.49. The van der Waals surface area contributed by atoms with E-state index in [-0.39, 0.29) is 0 Å². The molecule has 1 N–H and O–H groups in total. The van der Waals surface area contributed by atoms with Gasteiger partial charge in [0.05, 0.1) is 0 Å². The number of hydrogen-bond donors (Lipinski definition) is 1. The topological polar surface area (TPSA) is 27.6 Å². The zero-order valence-corrected chi connectivity index (χ0v) is 13.4. The first kappa shape index (κ1) is 14.1. The van der Waals surface area contributed by atoms with Crippen LogP contribution in [0.15, 0.2) is 46.1 Å². The molecule has 0 aliphatic carbocycles. The summed E-state index contributed by atoms with van der Waals surface area (Å²) in [5, 5.41) is 7.88. The van der Waals surface area contributed by atoms with Gasteiger partial charge in [0.15, 0.2) is 5.96 Å². The molecule has 3 nitrogen and oxygen atoms in total. The van der Waals surface area contributed by atoms with Crippen LogP contribution in [0.25, 0.3) is 0 Å². The van der Waals surface area contributed by atoms with E-state index < -0.39 is 0 Å². The molecule has 1 atom stereocenters. The van der Waals surface area contributed by atoms with Gasteiger partial charge in [-0.15, -0.1) is 0 Å². The van der Waals surface area contributed by atoms with E-state index >= 15 is 0 Å². The number of nitrogens with one attached hydrogen (secondary N) is 1. The van der Waals surface area contributed by atoms with E-state index in [9.17, 15) is 0 Å². The lowest BCUT2D eigenvalue weighted by atomic mass is 10.1. The Kier molecular flexibility index (Phi) is 4.25. The van der Waals surface area contributed by atoms with Crippen molar-refractivity contribution in [3.8, 4) is 0 Å². The summed E-state index contributed by atoms with van der Waals surface area (Å²) in [5.41, 5.74) is 4.09. The minimum atomic E-state index is 0.492. The molecule has 4 heteroatoms. The van der Waals surface area contributed by atoms with Crippen LogP contribution in [0.3, 0.4) is 0 Å². The number of para-hydroxylation sites is 1. The molecule has 0 bridgehead atoms. The van der Waals surface area contributed by atoms with Crippen molar-refractivity contribution in [2.45, 2.75) is 19.3 Å². The summed E-state index contributed by atoms with van der Waals surface area (Å²) in [4.78, 5) is 6.74. The molecule has 110 valence electrons. The average Bonchev–Trinajstić information content (AvgIpc) is 3.17. The number of fused-ring (bicyclic) bond motifs is 1. The van der Waals surface area contributed by atoms with E-state index in [1.165, 1.54) is 16.8 Å². The first-order valence-corrected chi connectivity index (χ1v) is 8.32. The van der Waals surface area contributed by atoms with Gasteiger partial charge >= 0.3 is 0 Å². The average molecular weight is 299 g/mol. The molecule has 0 fully saturated rings. The first-order chi connectivity index (χ1) is 10.3. The Labute approximate surface area is 130 Å². The highest BCUT2D eigenvalue weighted by molar-refractivity contribution is 7.07. The van der Waals surface area contributed by atoms with Gasteiger partial charge in [0.2, 0.25) is 0 Å². The lowest BCUT2D eigenvalue weighted by molar-refractivity contribution is 0.713. The summed E-state index contributed by atoms with van der Waals surface area (Å²) in [6.07, 6.45) is 1.09. The summed E-state index contributed by atoms with van der Waals surface area (Å²) in [5.74, 6) is 1.47. The predicted molar refractivity (Wildman–Crippen MR) is 91.6 cm³/mol. The van der Waals surface area contributed by atoms with Gasteiger partial charge in [0, 0.05) is 25.8 Å². The molecule has 0 saturated heterocycles. The molecule has 1 unspecified atom stereocenters. The Hall–Kier alpha value is -1.81. The number of anilines is 1. The zero-order chi connectivity index (χ0) is 14.7. The Morgan fingerprint density at radius 2 is 2.24 bits per heavy atom. The molecule has 0 saturated carbocycles. The lowest BCUT2D eigenvalue weighted by Crippen LogP contribution is -2.41. The van der Waals surface area contributed by atoms with E-state index in [4.69, 9.17) is 0 Å². The summed E-state index contributed by atoms with van der Waals surface area (Å²) in [6, 6.07) is 10.8. The number of thiophene rings is 1. The van der Waals surface area contributed by atoms with Crippen molar-refractivity contribution in [2.24, 2.45) is 4.99 Å². The number of guanidine groups is 1. The van der Waals surface area contributed by atoms with Crippen LogP contribution in [0.4, 0.5) is 5.69 Å². The normalized spacial score (nSPS) is 15.9. The summed E-state index contributed by atoms with van der Waals surface area (Å²) in [7, 11) is 1.86. The van der Waals surface area contributed by atoms with Gasteiger partial charge in [0.25, 0.3) is 0 Å². The Morgan fingerprint density at radius 1 is 1.38 bits per heavy atom. The maximum absolute atomic E-state index is 4.46. The van der Waals surface area contributed by atoms with Gasteiger partial charge in [-0.2, -0.15) is 11.3 Å². The van der Waals surface area contributed by atoms with Crippen molar-refractivity contribution in [1.82, 2.24) is 5.32 Å². The van der Waals surface area contributed by atoms with Crippen LogP contribution in [0.2, 0.25) is 0 Å². The highest BCUT2D eigenvalue weighted by Crippen LogP contribution is 2.27. The van der Waals surface area contributed by atoms with Gasteiger partial charge in [0.1, 0.15) is 0 Å². The van der Waals surface area contributed by atoms with Gasteiger partial charge in [-0.05, 0) is 46.4 Å². The Morgan fingerprint density at radius 3 is 3.00 bits per heavy atom. The zero-order valence-electron chi connectivity index (χ0n) is 12.5. The third kappa shape index (κ3) is 2.95. The fourth-order valence-corrected chi connectivity index (χ4v) is 3.55. The monoisotopic (exact) mass is 299 g/mol. The fourth-order valence-electron chi connectivity index (χ4n) is 2.77. The molecule has 1 aromatic carbocycles. The van der Waals surface area contributed by atoms with Crippen molar-refractivity contribution in [3.05, 3.63) is 52.2 Å². The van der Waals surface area contributed by atoms with Crippen molar-refractivity contribution >= 4 is 23.0 Å². The number of aliphatic imine (C=N–C) groups is 1. The van der Waals surface area contributed by atoms with Crippen LogP contribution in [-0.2, 0) is 6.42 Å². The van der Waals surface area contributed by atoms with E-state index in [0.29, 0.717) is 5.92 Å². The third-order valence-electron chi connectivity index (χ3n) is 4.03. The molecule has 0 radical (unpaired) electrons. The highest BCUT2D eigenvalue weighted by Gasteiger charge is 2.22. The fraction of sp³-hybridized carbons (Fsp3) is 0.353. The molecule has 2 aromatic rings. The molecular weight excluding hydrogens is 278 g/mol. The van der Waals surface area contributed by atoms with Crippen LogP contribution in [0, 0.1) is 0 Å². The molecule has 21 heavy (non-hydrogen) atoms. The summed E-state index contributed by atoms with van der Waals surface area (Å²) in [6.45, 7) is 4.16. The summed E-state index contributed by atoms with van der Waals surface area (Å²) < 4.78 is 0. The molecule has 0 spiro atoms. The number of hydrogen-bond acceptors (Lipinski definition) is 2. The van der Waals surface area contributed by atoms with Gasteiger partial charge in [-0.25, -0.2) is 0 Å². The standard InChI is InChI=1S/C17H21N3S/c1-13(15-8-10-21-12-15)11-19-17(18-2)20-9-7-14-5-3-4-6-16(14)20/h3-6,8,10,12-13H,7,9,11H2,1-2H3,(H,18,19). The van der Waals surface area contributed by atoms with E-state index in [1.54, 1.807) is 11.3 Å². The number of rotatable bonds is 3. The minimum absolute atomic E-state index is 0.492. The Balaban J connectivity index is 1.67. The highest BCUT2D eigenvalue weighted by atomic mass is 32.1. The van der Waals surface area contributed by atoms with Crippen LogP contribution >= 0.6 is 11.3 Å². The van der Waals surface area contributed by atoms with E-state index in [1.807, 2.05) is 7.05 Å². The van der Waals surface area contributed by atoms with E-state index in [0.717, 1.165) is 25.5 Å². The molecular formula is C17H21N3S. The Bertz CT molecular complexity index is 619. The van der Waals surface area contributed by atoms with Crippen molar-refractivity contribution in [1.29, 1.82) is 0 Å².